The number of thiophene rings is 2. The molecule has 0 saturated heterocycles. The van der Waals surface area contributed by atoms with Crippen molar-refractivity contribution in [1.82, 2.24) is 0 Å². The Hall–Kier alpha value is -2.89. The van der Waals surface area contributed by atoms with Gasteiger partial charge in [0.15, 0.2) is 0 Å². The standard InChI is InChI=1S/C29H23F3O3S4/c1-20-5-13-24(14-6-20)38(25-15-7-21(2)8-16-25,35-39(33,34)29(30,31)32)28-18-17-27(37-28)23-11-9-22(10-12-23)26-4-3-19-36-26/h3-19H,1-2H3. The van der Waals surface area contributed by atoms with Gasteiger partial charge in [-0.15, -0.1) is 22.7 Å². The highest BCUT2D eigenvalue weighted by molar-refractivity contribution is 8.34. The van der Waals surface area contributed by atoms with E-state index in [-0.39, 0.29) is 0 Å². The number of rotatable bonds is 7. The van der Waals surface area contributed by atoms with Gasteiger partial charge in [-0.1, -0.05) is 65.7 Å². The minimum absolute atomic E-state index is 0.353. The summed E-state index contributed by atoms with van der Waals surface area (Å²) >= 11 is 2.86. The molecular formula is C29H23F3O3S4. The molecule has 0 atom stereocenters. The molecule has 2 aromatic heterocycles. The maximum atomic E-state index is 13.8. The third kappa shape index (κ3) is 5.44. The van der Waals surface area contributed by atoms with Gasteiger partial charge in [0.05, 0.1) is 4.21 Å². The zero-order valence-corrected chi connectivity index (χ0v) is 24.1. The summed E-state index contributed by atoms with van der Waals surface area (Å²) in [5.41, 5.74) is -1.89. The topological polar surface area (TPSA) is 43.4 Å². The second-order valence-corrected chi connectivity index (χ2v) is 15.5. The van der Waals surface area contributed by atoms with Gasteiger partial charge in [0.2, 0.25) is 0 Å². The van der Waals surface area contributed by atoms with Crippen LogP contribution in [-0.2, 0) is 13.7 Å². The van der Waals surface area contributed by atoms with Crippen molar-refractivity contribution < 1.29 is 25.2 Å². The summed E-state index contributed by atoms with van der Waals surface area (Å²) in [7, 11) is -9.29. The van der Waals surface area contributed by atoms with E-state index < -0.39 is 25.9 Å². The minimum Gasteiger partial charge on any atom is -0.199 e. The molecule has 0 bridgehead atoms. The molecule has 0 aliphatic rings. The van der Waals surface area contributed by atoms with E-state index in [0.717, 1.165) is 32.0 Å². The van der Waals surface area contributed by atoms with Crippen molar-refractivity contribution in [2.24, 2.45) is 0 Å². The van der Waals surface area contributed by atoms with Crippen LogP contribution in [0.3, 0.4) is 0 Å². The Morgan fingerprint density at radius 2 is 1.18 bits per heavy atom. The van der Waals surface area contributed by atoms with Crippen molar-refractivity contribution in [3.05, 3.63) is 114 Å². The summed E-state index contributed by atoms with van der Waals surface area (Å²) in [5, 5.41) is 2.00. The number of alkyl halides is 3. The third-order valence-electron chi connectivity index (χ3n) is 6.02. The van der Waals surface area contributed by atoms with Crippen LogP contribution in [0.1, 0.15) is 11.1 Å². The fraction of sp³-hybridized carbons (Fsp3) is 0.103. The zero-order valence-electron chi connectivity index (χ0n) is 20.8. The SMILES string of the molecule is Cc1ccc(S(OS(=O)(=O)C(F)(F)F)(c2ccc(C)cc2)c2ccc(-c3ccc(-c4cccs4)cc3)s2)cc1. The van der Waals surface area contributed by atoms with E-state index >= 15 is 0 Å². The Morgan fingerprint density at radius 3 is 1.64 bits per heavy atom. The number of hydrogen-bond donors (Lipinski definition) is 0. The highest BCUT2D eigenvalue weighted by atomic mass is 32.3. The van der Waals surface area contributed by atoms with Gasteiger partial charge in [-0.3, -0.25) is 0 Å². The summed E-state index contributed by atoms with van der Waals surface area (Å²) in [4.78, 5) is 2.62. The normalized spacial score (nSPS) is 12.9. The molecule has 0 radical (unpaired) electrons. The van der Waals surface area contributed by atoms with Crippen LogP contribution in [0.15, 0.2) is 116 Å². The van der Waals surface area contributed by atoms with Crippen LogP contribution in [0.4, 0.5) is 13.2 Å². The number of halogens is 3. The van der Waals surface area contributed by atoms with E-state index in [1.165, 1.54) is 11.3 Å². The summed E-state index contributed by atoms with van der Waals surface area (Å²) in [6.45, 7) is 3.70. The summed E-state index contributed by atoms with van der Waals surface area (Å²) in [5.74, 6) is 0. The lowest BCUT2D eigenvalue weighted by Crippen LogP contribution is -2.27. The predicted molar refractivity (Wildman–Crippen MR) is 154 cm³/mol. The first kappa shape index (κ1) is 27.7. The number of aryl methyl sites for hydroxylation is 2. The van der Waals surface area contributed by atoms with E-state index in [1.807, 2.05) is 55.6 Å². The van der Waals surface area contributed by atoms with Gasteiger partial charge >= 0.3 is 15.6 Å². The molecule has 0 aliphatic carbocycles. The van der Waals surface area contributed by atoms with Crippen LogP contribution in [-0.4, -0.2) is 13.9 Å². The molecule has 0 amide bonds. The molecular weight excluding hydrogens is 582 g/mol. The number of benzene rings is 3. The molecule has 3 aromatic carbocycles. The van der Waals surface area contributed by atoms with Crippen LogP contribution in [0.25, 0.3) is 20.9 Å². The third-order valence-corrected chi connectivity index (χ3v) is 13.5. The number of hydrogen-bond acceptors (Lipinski definition) is 5. The lowest BCUT2D eigenvalue weighted by atomic mass is 10.1. The van der Waals surface area contributed by atoms with Crippen molar-refractivity contribution in [1.29, 1.82) is 0 Å². The van der Waals surface area contributed by atoms with Gasteiger partial charge in [0.25, 0.3) is 0 Å². The fourth-order valence-electron chi connectivity index (χ4n) is 3.98. The minimum atomic E-state index is -5.96. The molecule has 0 aliphatic heterocycles. The Labute approximate surface area is 235 Å². The molecule has 0 saturated carbocycles. The molecule has 5 rings (SSSR count). The monoisotopic (exact) mass is 604 g/mol. The van der Waals surface area contributed by atoms with Crippen molar-refractivity contribution in [2.75, 3.05) is 0 Å². The van der Waals surface area contributed by atoms with Crippen molar-refractivity contribution in [3.63, 3.8) is 0 Å². The summed E-state index contributed by atoms with van der Waals surface area (Å²) < 4.78 is 72.3. The van der Waals surface area contributed by atoms with Gasteiger partial charge in [-0.05, 0) is 83.1 Å². The first-order valence-electron chi connectivity index (χ1n) is 11.7. The van der Waals surface area contributed by atoms with Crippen molar-refractivity contribution in [3.8, 4) is 20.9 Å². The Balaban J connectivity index is 1.70. The van der Waals surface area contributed by atoms with Crippen LogP contribution in [0.2, 0.25) is 0 Å². The molecule has 0 spiro atoms. The molecule has 3 nitrogen and oxygen atoms in total. The zero-order chi connectivity index (χ0) is 27.8. The maximum absolute atomic E-state index is 13.8. The van der Waals surface area contributed by atoms with Gasteiger partial charge in [-0.2, -0.15) is 25.2 Å². The van der Waals surface area contributed by atoms with E-state index in [4.69, 9.17) is 3.63 Å². The van der Waals surface area contributed by atoms with E-state index in [0.29, 0.717) is 14.0 Å². The molecule has 202 valence electrons. The molecule has 0 unspecified atom stereocenters. The molecule has 39 heavy (non-hydrogen) atoms. The van der Waals surface area contributed by atoms with Crippen LogP contribution < -0.4 is 0 Å². The highest BCUT2D eigenvalue weighted by Gasteiger charge is 2.52. The quantitative estimate of drug-likeness (QED) is 0.174. The Kier molecular flexibility index (Phi) is 7.51. The first-order chi connectivity index (χ1) is 18.5. The van der Waals surface area contributed by atoms with Gasteiger partial charge in [0, 0.05) is 19.5 Å². The van der Waals surface area contributed by atoms with E-state index in [9.17, 15) is 21.6 Å². The molecule has 0 N–H and O–H groups in total. The van der Waals surface area contributed by atoms with Crippen molar-refractivity contribution in [2.45, 2.75) is 33.4 Å². The van der Waals surface area contributed by atoms with Crippen molar-refractivity contribution >= 4 is 43.1 Å². The first-order valence-corrected chi connectivity index (χ1v) is 16.4. The molecule has 10 heteroatoms. The average molecular weight is 605 g/mol. The van der Waals surface area contributed by atoms with Gasteiger partial charge in [0.1, 0.15) is 0 Å². The highest BCUT2D eigenvalue weighted by Crippen LogP contribution is 2.72. The van der Waals surface area contributed by atoms with Crippen LogP contribution in [0, 0.1) is 13.8 Å². The van der Waals surface area contributed by atoms with Gasteiger partial charge in [-0.25, -0.2) is 0 Å². The summed E-state index contributed by atoms with van der Waals surface area (Å²) in [6, 6.07) is 28.9. The lowest BCUT2D eigenvalue weighted by Gasteiger charge is -2.38. The Bertz CT molecular complexity index is 1630. The Morgan fingerprint density at radius 1 is 0.667 bits per heavy atom. The average Bonchev–Trinajstić information content (AvgIpc) is 3.61. The van der Waals surface area contributed by atoms with E-state index in [1.54, 1.807) is 72.0 Å². The second kappa shape index (κ2) is 10.6. The smallest absolute Gasteiger partial charge is 0.199 e. The summed E-state index contributed by atoms with van der Waals surface area (Å²) in [6.07, 6.45) is 0. The molecule has 0 fully saturated rings. The lowest BCUT2D eigenvalue weighted by molar-refractivity contribution is -0.0496. The second-order valence-electron chi connectivity index (χ2n) is 8.82. The molecule has 2 heterocycles. The predicted octanol–water partition coefficient (Wildman–Crippen LogP) is 9.82. The van der Waals surface area contributed by atoms with Gasteiger partial charge < -0.3 is 0 Å². The van der Waals surface area contributed by atoms with Crippen LogP contribution >= 0.6 is 33.0 Å². The largest absolute Gasteiger partial charge is 0.524 e. The van der Waals surface area contributed by atoms with E-state index in [2.05, 4.69) is 0 Å². The van der Waals surface area contributed by atoms with Crippen LogP contribution in [0.5, 0.6) is 0 Å². The fourth-order valence-corrected chi connectivity index (χ4v) is 11.3. The molecule has 5 aromatic rings. The maximum Gasteiger partial charge on any atom is 0.524 e.